The van der Waals surface area contributed by atoms with Crippen LogP contribution in [0.4, 0.5) is 0 Å². The van der Waals surface area contributed by atoms with Crippen LogP contribution < -0.4 is 0 Å². The normalized spacial score (nSPS) is 18.8. The number of hydrogen-bond acceptors (Lipinski definition) is 2. The van der Waals surface area contributed by atoms with E-state index in [1.165, 1.54) is 5.01 Å². The van der Waals surface area contributed by atoms with E-state index in [2.05, 4.69) is 21.0 Å². The van der Waals surface area contributed by atoms with Gasteiger partial charge in [-0.05, 0) is 18.6 Å². The molecule has 0 N–H and O–H groups in total. The fourth-order valence-corrected chi connectivity index (χ4v) is 2.90. The van der Waals surface area contributed by atoms with Gasteiger partial charge in [0.1, 0.15) is 0 Å². The van der Waals surface area contributed by atoms with E-state index in [4.69, 9.17) is 11.6 Å². The van der Waals surface area contributed by atoms with Crippen molar-refractivity contribution in [3.8, 4) is 0 Å². The smallest absolute Gasteiger partial charge is 0.256 e. The zero-order chi connectivity index (χ0) is 15.5. The maximum Gasteiger partial charge on any atom is 0.256 e. The first-order valence-electron chi connectivity index (χ1n) is 7.00. The van der Waals surface area contributed by atoms with Gasteiger partial charge in [0.15, 0.2) is 0 Å². The van der Waals surface area contributed by atoms with Crippen molar-refractivity contribution in [1.82, 2.24) is 5.01 Å². The molecule has 0 saturated carbocycles. The van der Waals surface area contributed by atoms with Crippen molar-refractivity contribution in [3.63, 3.8) is 0 Å². The first-order chi connectivity index (χ1) is 10.6. The van der Waals surface area contributed by atoms with Crippen LogP contribution in [0.1, 0.15) is 17.5 Å². The number of hydrogen-bond donors (Lipinski definition) is 0. The molecule has 3 rings (SSSR count). The summed E-state index contributed by atoms with van der Waals surface area (Å²) in [5.41, 5.74) is 2.67. The Morgan fingerprint density at radius 3 is 2.32 bits per heavy atom. The monoisotopic (exact) mass is 376 g/mol. The molecule has 1 fully saturated rings. The van der Waals surface area contributed by atoms with Gasteiger partial charge in [0, 0.05) is 22.7 Å². The number of benzene rings is 2. The molecule has 1 aliphatic heterocycles. The molecule has 1 heterocycles. The molecule has 2 aromatic rings. The average molecular weight is 378 g/mol. The molecular weight excluding hydrogens is 364 g/mol. The van der Waals surface area contributed by atoms with Crippen LogP contribution in [0.5, 0.6) is 0 Å². The van der Waals surface area contributed by atoms with Gasteiger partial charge in [0.05, 0.1) is 10.5 Å². The molecule has 22 heavy (non-hydrogen) atoms. The summed E-state index contributed by atoms with van der Waals surface area (Å²) in [6.07, 6.45) is 0.769. The summed E-state index contributed by atoms with van der Waals surface area (Å²) < 4.78 is 0. The predicted octanol–water partition coefficient (Wildman–Crippen LogP) is 4.09. The molecule has 0 spiro atoms. The van der Waals surface area contributed by atoms with E-state index in [9.17, 15) is 4.79 Å². The van der Waals surface area contributed by atoms with E-state index in [1.807, 2.05) is 54.6 Å². The number of carbonyl (C=O) groups excluding carboxylic acids is 1. The molecule has 0 aromatic heterocycles. The van der Waals surface area contributed by atoms with Crippen molar-refractivity contribution in [2.24, 2.45) is 5.10 Å². The number of alkyl halides is 1. The molecule has 0 radical (unpaired) electrons. The lowest BCUT2D eigenvalue weighted by Crippen LogP contribution is -2.24. The molecule has 112 valence electrons. The second-order valence-corrected chi connectivity index (χ2v) is 6.58. The van der Waals surface area contributed by atoms with Crippen molar-refractivity contribution >= 4 is 39.1 Å². The van der Waals surface area contributed by atoms with Crippen LogP contribution in [0.3, 0.4) is 0 Å². The van der Waals surface area contributed by atoms with Crippen LogP contribution in [-0.4, -0.2) is 28.0 Å². The van der Waals surface area contributed by atoms with Crippen LogP contribution in [0, 0.1) is 0 Å². The number of nitrogens with zero attached hydrogens (tertiary/aromatic N) is 2. The molecule has 0 bridgehead atoms. The summed E-state index contributed by atoms with van der Waals surface area (Å²) in [6.45, 7) is 0.624. The molecule has 1 saturated heterocycles. The highest BCUT2D eigenvalue weighted by Crippen LogP contribution is 2.21. The zero-order valence-electron chi connectivity index (χ0n) is 11.7. The lowest BCUT2D eigenvalue weighted by molar-refractivity contribution is -0.127. The van der Waals surface area contributed by atoms with Crippen LogP contribution in [0.25, 0.3) is 0 Å². The van der Waals surface area contributed by atoms with Gasteiger partial charge in [-0.1, -0.05) is 70.0 Å². The Morgan fingerprint density at radius 1 is 1.09 bits per heavy atom. The molecule has 1 atom stereocenters. The Kier molecular flexibility index (Phi) is 4.60. The minimum Gasteiger partial charge on any atom is -0.272 e. The molecular formula is C17H14BrClN2O. The highest BCUT2D eigenvalue weighted by molar-refractivity contribution is 9.10. The first kappa shape index (κ1) is 15.3. The number of hydrazone groups is 1. The predicted molar refractivity (Wildman–Crippen MR) is 92.6 cm³/mol. The van der Waals surface area contributed by atoms with Gasteiger partial charge in [0.25, 0.3) is 5.91 Å². The van der Waals surface area contributed by atoms with E-state index in [0.29, 0.717) is 11.6 Å². The number of carbonyl (C=O) groups is 1. The van der Waals surface area contributed by atoms with Crippen LogP contribution >= 0.6 is 27.5 Å². The summed E-state index contributed by atoms with van der Waals surface area (Å²) >= 11 is 9.34. The molecule has 2 aromatic carbocycles. The molecule has 3 nitrogen and oxygen atoms in total. The van der Waals surface area contributed by atoms with Gasteiger partial charge >= 0.3 is 0 Å². The van der Waals surface area contributed by atoms with Crippen molar-refractivity contribution in [3.05, 3.63) is 70.7 Å². The summed E-state index contributed by atoms with van der Waals surface area (Å²) in [6, 6.07) is 17.3. The van der Waals surface area contributed by atoms with Crippen molar-refractivity contribution in [1.29, 1.82) is 0 Å². The quantitative estimate of drug-likeness (QED) is 0.586. The number of halogens is 2. The number of amides is 1. The van der Waals surface area contributed by atoms with Gasteiger partial charge in [-0.25, -0.2) is 5.01 Å². The summed E-state index contributed by atoms with van der Waals surface area (Å²) in [5, 5.41) is 6.82. The fraction of sp³-hybridized carbons (Fsp3) is 0.176. The lowest BCUT2D eigenvalue weighted by Gasteiger charge is -2.14. The third-order valence-corrected chi connectivity index (χ3v) is 4.60. The standard InChI is InChI=1S/C17H14BrClN2O/c18-15-10-11-21(17(15)22)20-16(12-4-2-1-3-5-12)13-6-8-14(19)9-7-13/h1-9,15H,10-11H2. The Morgan fingerprint density at radius 2 is 1.73 bits per heavy atom. The maximum atomic E-state index is 12.1. The van der Waals surface area contributed by atoms with Crippen molar-refractivity contribution in [2.45, 2.75) is 11.2 Å². The Balaban J connectivity index is 2.03. The van der Waals surface area contributed by atoms with E-state index in [1.54, 1.807) is 0 Å². The van der Waals surface area contributed by atoms with Crippen LogP contribution in [-0.2, 0) is 4.79 Å². The minimum atomic E-state index is -0.140. The highest BCUT2D eigenvalue weighted by atomic mass is 79.9. The van der Waals surface area contributed by atoms with Crippen molar-refractivity contribution in [2.75, 3.05) is 6.54 Å². The van der Waals surface area contributed by atoms with Gasteiger partial charge in [-0.15, -0.1) is 0 Å². The third-order valence-electron chi connectivity index (χ3n) is 3.50. The lowest BCUT2D eigenvalue weighted by atomic mass is 10.0. The van der Waals surface area contributed by atoms with Crippen molar-refractivity contribution < 1.29 is 4.79 Å². The minimum absolute atomic E-state index is 0.00222. The van der Waals surface area contributed by atoms with Gasteiger partial charge in [-0.3, -0.25) is 4.79 Å². The zero-order valence-corrected chi connectivity index (χ0v) is 14.1. The van der Waals surface area contributed by atoms with E-state index in [0.717, 1.165) is 23.3 Å². The molecule has 1 amide bonds. The summed E-state index contributed by atoms with van der Waals surface area (Å²) in [4.78, 5) is 12.0. The molecule has 1 unspecified atom stereocenters. The summed E-state index contributed by atoms with van der Waals surface area (Å²) in [5.74, 6) is 0.00222. The van der Waals surface area contributed by atoms with Gasteiger partial charge < -0.3 is 0 Å². The second-order valence-electron chi connectivity index (χ2n) is 5.04. The largest absolute Gasteiger partial charge is 0.272 e. The highest BCUT2D eigenvalue weighted by Gasteiger charge is 2.30. The second kappa shape index (κ2) is 6.63. The molecule has 5 heteroatoms. The Labute approximate surface area is 142 Å². The average Bonchev–Trinajstić information content (AvgIpc) is 2.86. The topological polar surface area (TPSA) is 32.7 Å². The third kappa shape index (κ3) is 3.23. The fourth-order valence-electron chi connectivity index (χ4n) is 2.34. The first-order valence-corrected chi connectivity index (χ1v) is 8.30. The van der Waals surface area contributed by atoms with E-state index < -0.39 is 0 Å². The van der Waals surface area contributed by atoms with Gasteiger partial charge in [0.2, 0.25) is 0 Å². The maximum absolute atomic E-state index is 12.1. The van der Waals surface area contributed by atoms with E-state index >= 15 is 0 Å². The van der Waals surface area contributed by atoms with Crippen LogP contribution in [0.2, 0.25) is 5.02 Å². The summed E-state index contributed by atoms with van der Waals surface area (Å²) in [7, 11) is 0. The number of rotatable bonds is 3. The van der Waals surface area contributed by atoms with Crippen LogP contribution in [0.15, 0.2) is 59.7 Å². The van der Waals surface area contributed by atoms with Gasteiger partial charge in [-0.2, -0.15) is 5.10 Å². The molecule has 1 aliphatic rings. The Bertz CT molecular complexity index is 700. The molecule has 0 aliphatic carbocycles. The SMILES string of the molecule is O=C1C(Br)CCN1N=C(c1ccccc1)c1ccc(Cl)cc1. The Hall–Kier alpha value is -1.65. The van der Waals surface area contributed by atoms with E-state index in [-0.39, 0.29) is 10.7 Å².